The van der Waals surface area contributed by atoms with Crippen LogP contribution in [0.1, 0.15) is 13.3 Å². The van der Waals surface area contributed by atoms with E-state index >= 15 is 0 Å². The fourth-order valence-electron chi connectivity index (χ4n) is 1.89. The first-order valence-corrected chi connectivity index (χ1v) is 8.69. The largest absolute Gasteiger partial charge is 0.381 e. The van der Waals surface area contributed by atoms with Crippen LogP contribution in [0.5, 0.6) is 0 Å². The van der Waals surface area contributed by atoms with E-state index in [2.05, 4.69) is 10.0 Å². The topological polar surface area (TPSA) is 58.2 Å². The van der Waals surface area contributed by atoms with Gasteiger partial charge in [0.15, 0.2) is 0 Å². The van der Waals surface area contributed by atoms with Gasteiger partial charge in [-0.2, -0.15) is 11.8 Å². The summed E-state index contributed by atoms with van der Waals surface area (Å²) in [6.45, 7) is 2.17. The zero-order valence-electron chi connectivity index (χ0n) is 10.3. The van der Waals surface area contributed by atoms with Gasteiger partial charge in [-0.15, -0.1) is 0 Å². The van der Waals surface area contributed by atoms with Gasteiger partial charge >= 0.3 is 0 Å². The fourth-order valence-corrected chi connectivity index (χ4v) is 4.08. The highest BCUT2D eigenvalue weighted by molar-refractivity contribution is 7.99. The van der Waals surface area contributed by atoms with Gasteiger partial charge in [-0.25, -0.2) is 13.1 Å². The molecule has 0 aliphatic carbocycles. The first-order chi connectivity index (χ1) is 8.62. The lowest BCUT2D eigenvalue weighted by Crippen LogP contribution is -2.23. The van der Waals surface area contributed by atoms with Gasteiger partial charge in [0.2, 0.25) is 10.0 Å². The van der Waals surface area contributed by atoms with Crippen molar-refractivity contribution in [3.63, 3.8) is 0 Å². The van der Waals surface area contributed by atoms with E-state index in [0.717, 1.165) is 11.4 Å². The molecule has 0 amide bonds. The van der Waals surface area contributed by atoms with E-state index in [1.807, 2.05) is 23.9 Å². The van der Waals surface area contributed by atoms with Crippen molar-refractivity contribution in [3.8, 4) is 0 Å². The molecule has 2 N–H and O–H groups in total. The van der Waals surface area contributed by atoms with Crippen molar-refractivity contribution in [2.75, 3.05) is 23.4 Å². The van der Waals surface area contributed by atoms with Gasteiger partial charge in [0.05, 0.1) is 4.90 Å². The maximum atomic E-state index is 11.8. The molecule has 18 heavy (non-hydrogen) atoms. The van der Waals surface area contributed by atoms with E-state index in [4.69, 9.17) is 0 Å². The van der Waals surface area contributed by atoms with Crippen LogP contribution in [-0.2, 0) is 10.0 Å². The number of hydrogen-bond acceptors (Lipinski definition) is 4. The number of sulfonamides is 1. The Balaban J connectivity index is 2.05. The third kappa shape index (κ3) is 3.40. The van der Waals surface area contributed by atoms with E-state index in [9.17, 15) is 8.42 Å². The highest BCUT2D eigenvalue weighted by Gasteiger charge is 2.16. The van der Waals surface area contributed by atoms with Crippen LogP contribution < -0.4 is 10.0 Å². The molecule has 0 spiro atoms. The van der Waals surface area contributed by atoms with E-state index in [1.54, 1.807) is 19.1 Å². The van der Waals surface area contributed by atoms with Gasteiger partial charge in [-0.3, -0.25) is 0 Å². The minimum atomic E-state index is -3.34. The zero-order valence-corrected chi connectivity index (χ0v) is 12.0. The Morgan fingerprint density at radius 1 is 1.33 bits per heavy atom. The number of thioether (sulfide) groups is 1. The molecule has 0 saturated carbocycles. The second-order valence-electron chi connectivity index (χ2n) is 4.23. The molecule has 1 unspecified atom stereocenters. The minimum Gasteiger partial charge on any atom is -0.381 e. The molecule has 1 aromatic rings. The lowest BCUT2D eigenvalue weighted by molar-refractivity contribution is 0.584. The smallest absolute Gasteiger partial charge is 0.240 e. The molecular formula is C12H18N2O2S2. The molecule has 2 rings (SSSR count). The third-order valence-electron chi connectivity index (χ3n) is 2.80. The van der Waals surface area contributed by atoms with Crippen LogP contribution in [0, 0.1) is 0 Å². The lowest BCUT2D eigenvalue weighted by Gasteiger charge is -2.13. The summed E-state index contributed by atoms with van der Waals surface area (Å²) in [4.78, 5) is 0.315. The standard InChI is InChI=1S/C12H18N2O2S2/c1-2-13-18(15,16)12-5-3-10(4-6-12)14-11-7-8-17-9-11/h3-6,11,13-14H,2,7-9H2,1H3. The maximum Gasteiger partial charge on any atom is 0.240 e. The number of nitrogens with one attached hydrogen (secondary N) is 2. The van der Waals surface area contributed by atoms with Crippen molar-refractivity contribution in [2.24, 2.45) is 0 Å². The molecule has 1 aliphatic heterocycles. The average Bonchev–Trinajstić information content (AvgIpc) is 2.82. The third-order valence-corrected chi connectivity index (χ3v) is 5.52. The van der Waals surface area contributed by atoms with Gasteiger partial charge in [0.25, 0.3) is 0 Å². The summed E-state index contributed by atoms with van der Waals surface area (Å²) < 4.78 is 26.0. The second kappa shape index (κ2) is 5.95. The van der Waals surface area contributed by atoms with Gasteiger partial charge in [-0.05, 0) is 36.4 Å². The molecule has 1 aliphatic rings. The zero-order chi connectivity index (χ0) is 13.0. The molecule has 0 radical (unpaired) electrons. The highest BCUT2D eigenvalue weighted by Crippen LogP contribution is 2.22. The van der Waals surface area contributed by atoms with Crippen molar-refractivity contribution >= 4 is 27.5 Å². The number of anilines is 1. The predicted molar refractivity (Wildman–Crippen MR) is 76.7 cm³/mol. The second-order valence-corrected chi connectivity index (χ2v) is 7.15. The first kappa shape index (κ1) is 13.7. The van der Waals surface area contributed by atoms with Crippen molar-refractivity contribution in [1.82, 2.24) is 4.72 Å². The summed E-state index contributed by atoms with van der Waals surface area (Å²) in [6, 6.07) is 7.44. The van der Waals surface area contributed by atoms with Crippen LogP contribution in [-0.4, -0.2) is 32.5 Å². The molecular weight excluding hydrogens is 268 g/mol. The van der Waals surface area contributed by atoms with Crippen LogP contribution in [0.2, 0.25) is 0 Å². The van der Waals surface area contributed by atoms with E-state index in [-0.39, 0.29) is 0 Å². The molecule has 1 saturated heterocycles. The molecule has 1 aromatic carbocycles. The van der Waals surface area contributed by atoms with Crippen LogP contribution in [0.15, 0.2) is 29.2 Å². The predicted octanol–water partition coefficient (Wildman–Crippen LogP) is 1.90. The van der Waals surface area contributed by atoms with Crippen LogP contribution in [0.3, 0.4) is 0 Å². The first-order valence-electron chi connectivity index (χ1n) is 6.06. The van der Waals surface area contributed by atoms with Crippen molar-refractivity contribution < 1.29 is 8.42 Å². The highest BCUT2D eigenvalue weighted by atomic mass is 32.2. The Morgan fingerprint density at radius 2 is 2.06 bits per heavy atom. The number of hydrogen-bond donors (Lipinski definition) is 2. The fraction of sp³-hybridized carbons (Fsp3) is 0.500. The van der Waals surface area contributed by atoms with E-state index in [0.29, 0.717) is 17.5 Å². The number of rotatable bonds is 5. The molecule has 0 bridgehead atoms. The Morgan fingerprint density at radius 3 is 2.61 bits per heavy atom. The molecule has 4 nitrogen and oxygen atoms in total. The molecule has 0 aromatic heterocycles. The van der Waals surface area contributed by atoms with Gasteiger partial charge in [0.1, 0.15) is 0 Å². The van der Waals surface area contributed by atoms with E-state index in [1.165, 1.54) is 12.2 Å². The Kier molecular flexibility index (Phi) is 4.53. The van der Waals surface area contributed by atoms with Crippen molar-refractivity contribution in [3.05, 3.63) is 24.3 Å². The Hall–Kier alpha value is -0.720. The van der Waals surface area contributed by atoms with Crippen molar-refractivity contribution in [1.29, 1.82) is 0 Å². The van der Waals surface area contributed by atoms with Crippen molar-refractivity contribution in [2.45, 2.75) is 24.3 Å². The Labute approximate surface area is 113 Å². The summed E-state index contributed by atoms with van der Waals surface area (Å²) >= 11 is 1.95. The van der Waals surface area contributed by atoms with Crippen LogP contribution in [0.4, 0.5) is 5.69 Å². The maximum absolute atomic E-state index is 11.8. The molecule has 6 heteroatoms. The summed E-state index contributed by atoms with van der Waals surface area (Å²) in [7, 11) is -3.34. The monoisotopic (exact) mass is 286 g/mol. The quantitative estimate of drug-likeness (QED) is 0.868. The minimum absolute atomic E-state index is 0.315. The summed E-state index contributed by atoms with van der Waals surface area (Å²) in [6.07, 6.45) is 1.17. The molecule has 1 fully saturated rings. The lowest BCUT2D eigenvalue weighted by atomic mass is 10.2. The number of benzene rings is 1. The SMILES string of the molecule is CCNS(=O)(=O)c1ccc(NC2CCSC2)cc1. The summed E-state index contributed by atoms with van der Waals surface area (Å²) in [5.41, 5.74) is 0.984. The van der Waals surface area contributed by atoms with Gasteiger partial charge in [-0.1, -0.05) is 6.92 Å². The average molecular weight is 286 g/mol. The van der Waals surface area contributed by atoms with Gasteiger partial charge < -0.3 is 5.32 Å². The molecule has 1 heterocycles. The molecule has 100 valence electrons. The van der Waals surface area contributed by atoms with E-state index < -0.39 is 10.0 Å². The summed E-state index contributed by atoms with van der Waals surface area (Å²) in [5, 5.41) is 3.42. The van der Waals surface area contributed by atoms with Crippen LogP contribution >= 0.6 is 11.8 Å². The molecule has 1 atom stereocenters. The summed E-state index contributed by atoms with van der Waals surface area (Å²) in [5.74, 6) is 2.32. The normalized spacial score (nSPS) is 19.9. The van der Waals surface area contributed by atoms with Crippen LogP contribution in [0.25, 0.3) is 0 Å². The van der Waals surface area contributed by atoms with Gasteiger partial charge in [0, 0.05) is 24.0 Å². The Bertz CT molecular complexity index is 479.